The molecule has 0 saturated carbocycles. The molecule has 0 aliphatic heterocycles. The highest BCUT2D eigenvalue weighted by molar-refractivity contribution is 7.09. The number of hydrogen-bond donors (Lipinski definition) is 0. The molecule has 0 amide bonds. The molecule has 0 atom stereocenters. The minimum atomic E-state index is -0.0256. The van der Waals surface area contributed by atoms with Gasteiger partial charge in [0.15, 0.2) is 0 Å². The van der Waals surface area contributed by atoms with Crippen LogP contribution in [0.5, 0.6) is 0 Å². The Balaban J connectivity index is 2.50. The SMILES string of the molecule is [O]CCc1cncs1. The molecular formula is C5H6NOS. The Labute approximate surface area is 51.8 Å². The third kappa shape index (κ3) is 1.28. The molecule has 0 aliphatic carbocycles. The Morgan fingerprint density at radius 1 is 1.75 bits per heavy atom. The van der Waals surface area contributed by atoms with Crippen LogP contribution in [0.4, 0.5) is 0 Å². The van der Waals surface area contributed by atoms with Crippen molar-refractivity contribution in [1.82, 2.24) is 4.98 Å². The van der Waals surface area contributed by atoms with Crippen LogP contribution in [-0.2, 0) is 11.5 Å². The highest BCUT2D eigenvalue weighted by atomic mass is 32.1. The summed E-state index contributed by atoms with van der Waals surface area (Å²) in [6, 6.07) is 0. The maximum Gasteiger partial charge on any atom is 0.0871 e. The molecule has 0 bridgehead atoms. The molecule has 0 fully saturated rings. The van der Waals surface area contributed by atoms with Crippen molar-refractivity contribution in [1.29, 1.82) is 0 Å². The Morgan fingerprint density at radius 3 is 3.12 bits per heavy atom. The first-order valence-electron chi connectivity index (χ1n) is 2.39. The predicted molar refractivity (Wildman–Crippen MR) is 31.4 cm³/mol. The van der Waals surface area contributed by atoms with E-state index < -0.39 is 0 Å². The zero-order valence-corrected chi connectivity index (χ0v) is 5.15. The average Bonchev–Trinajstić information content (AvgIpc) is 2.19. The van der Waals surface area contributed by atoms with E-state index in [0.29, 0.717) is 6.42 Å². The topological polar surface area (TPSA) is 32.8 Å². The van der Waals surface area contributed by atoms with Gasteiger partial charge in [-0.05, 0) is 0 Å². The summed E-state index contributed by atoms with van der Waals surface area (Å²) in [5.74, 6) is 0. The molecule has 0 aliphatic rings. The summed E-state index contributed by atoms with van der Waals surface area (Å²) < 4.78 is 0. The summed E-state index contributed by atoms with van der Waals surface area (Å²) in [5.41, 5.74) is 1.74. The van der Waals surface area contributed by atoms with Crippen molar-refractivity contribution in [2.24, 2.45) is 0 Å². The van der Waals surface area contributed by atoms with E-state index in [2.05, 4.69) is 4.98 Å². The molecule has 1 radical (unpaired) electrons. The van der Waals surface area contributed by atoms with Crippen LogP contribution in [0.1, 0.15) is 4.88 Å². The van der Waals surface area contributed by atoms with Gasteiger partial charge in [-0.25, -0.2) is 5.11 Å². The second-order valence-electron chi connectivity index (χ2n) is 1.42. The monoisotopic (exact) mass is 128 g/mol. The van der Waals surface area contributed by atoms with Crippen molar-refractivity contribution in [2.45, 2.75) is 6.42 Å². The van der Waals surface area contributed by atoms with Gasteiger partial charge in [-0.2, -0.15) is 0 Å². The molecule has 1 rings (SSSR count). The maximum absolute atomic E-state index is 9.98. The van der Waals surface area contributed by atoms with Gasteiger partial charge in [-0.3, -0.25) is 4.98 Å². The van der Waals surface area contributed by atoms with Gasteiger partial charge >= 0.3 is 0 Å². The lowest BCUT2D eigenvalue weighted by Gasteiger charge is -1.82. The fourth-order valence-electron chi connectivity index (χ4n) is 0.466. The molecule has 0 saturated heterocycles. The van der Waals surface area contributed by atoms with Gasteiger partial charge in [0.05, 0.1) is 12.1 Å². The molecule has 1 aromatic rings. The zero-order chi connectivity index (χ0) is 5.82. The van der Waals surface area contributed by atoms with Gasteiger partial charge in [0.25, 0.3) is 0 Å². The third-order valence-corrected chi connectivity index (χ3v) is 1.67. The van der Waals surface area contributed by atoms with Crippen LogP contribution in [0.2, 0.25) is 0 Å². The van der Waals surface area contributed by atoms with E-state index in [1.54, 1.807) is 11.7 Å². The molecule has 1 heterocycles. The van der Waals surface area contributed by atoms with Gasteiger partial charge in [-0.15, -0.1) is 11.3 Å². The number of thiazole rings is 1. The summed E-state index contributed by atoms with van der Waals surface area (Å²) >= 11 is 1.54. The predicted octanol–water partition coefficient (Wildman–Crippen LogP) is 1.12. The van der Waals surface area contributed by atoms with E-state index >= 15 is 0 Å². The van der Waals surface area contributed by atoms with Gasteiger partial charge < -0.3 is 0 Å². The fraction of sp³-hybridized carbons (Fsp3) is 0.400. The van der Waals surface area contributed by atoms with E-state index in [9.17, 15) is 5.11 Å². The molecule has 0 spiro atoms. The Morgan fingerprint density at radius 2 is 2.62 bits per heavy atom. The molecule has 0 aromatic carbocycles. The number of aromatic nitrogens is 1. The van der Waals surface area contributed by atoms with Crippen LogP contribution in [-0.4, -0.2) is 11.6 Å². The molecule has 0 N–H and O–H groups in total. The fourth-order valence-corrected chi connectivity index (χ4v) is 1.05. The molecule has 43 valence electrons. The highest BCUT2D eigenvalue weighted by Crippen LogP contribution is 2.04. The third-order valence-electron chi connectivity index (χ3n) is 0.832. The molecule has 1 aromatic heterocycles. The van der Waals surface area contributed by atoms with Crippen molar-refractivity contribution in [3.63, 3.8) is 0 Å². The number of hydrogen-bond acceptors (Lipinski definition) is 2. The highest BCUT2D eigenvalue weighted by Gasteiger charge is 1.90. The van der Waals surface area contributed by atoms with E-state index in [0.717, 1.165) is 4.88 Å². The average molecular weight is 128 g/mol. The largest absolute Gasteiger partial charge is 0.253 e. The quantitative estimate of drug-likeness (QED) is 0.587. The van der Waals surface area contributed by atoms with Gasteiger partial charge in [-0.1, -0.05) is 0 Å². The molecule has 2 nitrogen and oxygen atoms in total. The van der Waals surface area contributed by atoms with E-state index in [1.807, 2.05) is 0 Å². The van der Waals surface area contributed by atoms with Crippen LogP contribution < -0.4 is 0 Å². The second-order valence-corrected chi connectivity index (χ2v) is 2.39. The first kappa shape index (κ1) is 5.72. The van der Waals surface area contributed by atoms with E-state index in [4.69, 9.17) is 0 Å². The second kappa shape index (κ2) is 2.79. The smallest absolute Gasteiger partial charge is 0.0871 e. The summed E-state index contributed by atoms with van der Waals surface area (Å²) in [7, 11) is 0. The molecule has 3 heteroatoms. The van der Waals surface area contributed by atoms with Crippen LogP contribution >= 0.6 is 11.3 Å². The van der Waals surface area contributed by atoms with E-state index in [1.165, 1.54) is 11.3 Å². The van der Waals surface area contributed by atoms with Gasteiger partial charge in [0.1, 0.15) is 0 Å². The van der Waals surface area contributed by atoms with Gasteiger partial charge in [0, 0.05) is 17.5 Å². The van der Waals surface area contributed by atoms with Crippen molar-refractivity contribution >= 4 is 11.3 Å². The Bertz CT molecular complexity index is 138. The maximum atomic E-state index is 9.98. The van der Waals surface area contributed by atoms with Crippen LogP contribution in [0, 0.1) is 0 Å². The first-order valence-corrected chi connectivity index (χ1v) is 3.27. The van der Waals surface area contributed by atoms with Crippen molar-refractivity contribution in [3.8, 4) is 0 Å². The molecule has 0 unspecified atom stereocenters. The zero-order valence-electron chi connectivity index (χ0n) is 4.33. The normalized spacial score (nSPS) is 9.62. The summed E-state index contributed by atoms with van der Waals surface area (Å²) in [4.78, 5) is 4.90. The lowest BCUT2D eigenvalue weighted by molar-refractivity contribution is 0.198. The van der Waals surface area contributed by atoms with Gasteiger partial charge in [0.2, 0.25) is 0 Å². The summed E-state index contributed by atoms with van der Waals surface area (Å²) in [6.45, 7) is -0.0256. The van der Waals surface area contributed by atoms with E-state index in [-0.39, 0.29) is 6.61 Å². The lowest BCUT2D eigenvalue weighted by atomic mass is 10.4. The van der Waals surface area contributed by atoms with Crippen molar-refractivity contribution < 1.29 is 5.11 Å². The minimum Gasteiger partial charge on any atom is -0.253 e. The van der Waals surface area contributed by atoms with Crippen LogP contribution in [0.15, 0.2) is 11.7 Å². The Kier molecular flexibility index (Phi) is 2.00. The molecular weight excluding hydrogens is 122 g/mol. The first-order chi connectivity index (χ1) is 3.93. The number of nitrogens with zero attached hydrogens (tertiary/aromatic N) is 1. The summed E-state index contributed by atoms with van der Waals surface area (Å²) in [6.07, 6.45) is 2.37. The van der Waals surface area contributed by atoms with Crippen molar-refractivity contribution in [3.05, 3.63) is 16.6 Å². The standard InChI is InChI=1S/C5H6NOS/c7-2-1-5-3-6-4-8-5/h3-4H,1-2H2. The number of rotatable bonds is 2. The van der Waals surface area contributed by atoms with Crippen LogP contribution in [0.3, 0.4) is 0 Å². The minimum absolute atomic E-state index is 0.0256. The summed E-state index contributed by atoms with van der Waals surface area (Å²) in [5, 5.41) is 9.98. The van der Waals surface area contributed by atoms with Crippen molar-refractivity contribution in [2.75, 3.05) is 6.61 Å². The Hall–Kier alpha value is -0.410. The molecule has 8 heavy (non-hydrogen) atoms. The van der Waals surface area contributed by atoms with Crippen LogP contribution in [0.25, 0.3) is 0 Å². The lowest BCUT2D eigenvalue weighted by Crippen LogP contribution is -1.82.